The van der Waals surface area contributed by atoms with E-state index < -0.39 is 0 Å². The van der Waals surface area contributed by atoms with Crippen LogP contribution in [-0.2, 0) is 11.8 Å². The molecule has 1 aromatic heterocycles. The van der Waals surface area contributed by atoms with Crippen molar-refractivity contribution in [2.75, 3.05) is 0 Å². The number of nitrogens with two attached hydrogens (primary N) is 1. The number of rotatable bonds is 4. The molecule has 0 aliphatic rings. The molecule has 0 radical (unpaired) electrons. The van der Waals surface area contributed by atoms with E-state index in [-0.39, 0.29) is 11.5 Å². The van der Waals surface area contributed by atoms with Gasteiger partial charge >= 0.3 is 0 Å². The summed E-state index contributed by atoms with van der Waals surface area (Å²) in [7, 11) is 0. The maximum atomic E-state index is 5.79. The van der Waals surface area contributed by atoms with E-state index in [0.717, 1.165) is 17.0 Å². The zero-order chi connectivity index (χ0) is 15.6. The van der Waals surface area contributed by atoms with Crippen LogP contribution in [0.1, 0.15) is 54.1 Å². The summed E-state index contributed by atoms with van der Waals surface area (Å²) in [6.45, 7) is 10.7. The van der Waals surface area contributed by atoms with Gasteiger partial charge in [0.1, 0.15) is 0 Å². The Morgan fingerprint density at radius 2 is 1.95 bits per heavy atom. The van der Waals surface area contributed by atoms with E-state index in [1.807, 2.05) is 0 Å². The first-order chi connectivity index (χ1) is 9.82. The Labute approximate surface area is 130 Å². The van der Waals surface area contributed by atoms with Gasteiger partial charge in [0.15, 0.2) is 0 Å². The molecule has 0 aliphatic heterocycles. The summed E-state index contributed by atoms with van der Waals surface area (Å²) in [4.78, 5) is 1.13. The highest BCUT2D eigenvalue weighted by Gasteiger charge is 2.26. The van der Waals surface area contributed by atoms with Crippen molar-refractivity contribution in [2.24, 2.45) is 5.84 Å². The molecule has 0 saturated carbocycles. The molecule has 5 heteroatoms. The van der Waals surface area contributed by atoms with Crippen molar-refractivity contribution in [2.45, 2.75) is 52.5 Å². The molecule has 3 N–H and O–H groups in total. The quantitative estimate of drug-likeness (QED) is 0.672. The smallest absolute Gasteiger partial charge is 0.0857 e. The minimum Gasteiger partial charge on any atom is -0.271 e. The number of nitrogens with one attached hydrogen (secondary N) is 1. The van der Waals surface area contributed by atoms with Crippen molar-refractivity contribution >= 4 is 11.5 Å². The van der Waals surface area contributed by atoms with E-state index in [4.69, 9.17) is 5.84 Å². The highest BCUT2D eigenvalue weighted by molar-refractivity contribution is 7.05. The van der Waals surface area contributed by atoms with Crippen molar-refractivity contribution in [1.29, 1.82) is 0 Å². The van der Waals surface area contributed by atoms with Gasteiger partial charge in [-0.05, 0) is 48.5 Å². The largest absolute Gasteiger partial charge is 0.271 e. The molecule has 1 aromatic carbocycles. The first-order valence-corrected chi connectivity index (χ1v) is 7.95. The van der Waals surface area contributed by atoms with E-state index in [9.17, 15) is 0 Å². The van der Waals surface area contributed by atoms with Gasteiger partial charge in [-0.2, -0.15) is 0 Å². The standard InChI is InChI=1S/C16H24N4S/c1-10-6-7-12(8-11(10)2)9-13(18-17)14-15(16(3,4)5)19-20-21-14/h6-8,13,18H,9,17H2,1-5H3. The number of hydrogen-bond acceptors (Lipinski definition) is 5. The first kappa shape index (κ1) is 16.1. The monoisotopic (exact) mass is 304 g/mol. The van der Waals surface area contributed by atoms with Crippen molar-refractivity contribution in [3.05, 3.63) is 45.5 Å². The van der Waals surface area contributed by atoms with Crippen molar-refractivity contribution in [1.82, 2.24) is 15.0 Å². The second kappa shape index (κ2) is 6.22. The number of hydrogen-bond donors (Lipinski definition) is 2. The van der Waals surface area contributed by atoms with Crippen LogP contribution in [0, 0.1) is 13.8 Å². The molecule has 1 atom stereocenters. The topological polar surface area (TPSA) is 63.8 Å². The lowest BCUT2D eigenvalue weighted by Gasteiger charge is -2.21. The molecule has 0 bridgehead atoms. The normalized spacial score (nSPS) is 13.4. The maximum absolute atomic E-state index is 5.79. The van der Waals surface area contributed by atoms with Gasteiger partial charge in [-0.15, -0.1) is 5.10 Å². The van der Waals surface area contributed by atoms with Gasteiger partial charge in [0.2, 0.25) is 0 Å². The Bertz CT molecular complexity index is 613. The molecule has 114 valence electrons. The van der Waals surface area contributed by atoms with Gasteiger partial charge in [0, 0.05) is 5.41 Å². The van der Waals surface area contributed by atoms with Crippen LogP contribution in [0.25, 0.3) is 0 Å². The Hall–Kier alpha value is -1.30. The van der Waals surface area contributed by atoms with Gasteiger partial charge in [0.05, 0.1) is 16.6 Å². The summed E-state index contributed by atoms with van der Waals surface area (Å²) in [5.74, 6) is 5.79. The summed E-state index contributed by atoms with van der Waals surface area (Å²) in [6, 6.07) is 6.60. The molecule has 0 spiro atoms. The van der Waals surface area contributed by atoms with E-state index in [1.54, 1.807) is 0 Å². The van der Waals surface area contributed by atoms with Crippen LogP contribution in [0.5, 0.6) is 0 Å². The third kappa shape index (κ3) is 3.67. The average molecular weight is 304 g/mol. The summed E-state index contributed by atoms with van der Waals surface area (Å²) in [6.07, 6.45) is 0.838. The molecule has 0 fully saturated rings. The molecule has 1 unspecified atom stereocenters. The van der Waals surface area contributed by atoms with E-state index in [1.165, 1.54) is 28.2 Å². The predicted octanol–water partition coefficient (Wildman–Crippen LogP) is 3.20. The highest BCUT2D eigenvalue weighted by atomic mass is 32.1. The first-order valence-electron chi connectivity index (χ1n) is 7.18. The third-order valence-electron chi connectivity index (χ3n) is 3.75. The van der Waals surface area contributed by atoms with Crippen LogP contribution in [0.3, 0.4) is 0 Å². The number of nitrogens with zero attached hydrogens (tertiary/aromatic N) is 2. The van der Waals surface area contributed by atoms with Crippen LogP contribution < -0.4 is 11.3 Å². The lowest BCUT2D eigenvalue weighted by atomic mass is 9.89. The van der Waals surface area contributed by atoms with Gasteiger partial charge in [0.25, 0.3) is 0 Å². The molecule has 4 nitrogen and oxygen atoms in total. The second-order valence-electron chi connectivity index (χ2n) is 6.58. The molecule has 0 amide bonds. The Morgan fingerprint density at radius 1 is 1.24 bits per heavy atom. The van der Waals surface area contributed by atoms with Gasteiger partial charge in [-0.25, -0.2) is 0 Å². The molecule has 21 heavy (non-hydrogen) atoms. The Morgan fingerprint density at radius 3 is 2.52 bits per heavy atom. The van der Waals surface area contributed by atoms with Gasteiger partial charge < -0.3 is 0 Å². The van der Waals surface area contributed by atoms with E-state index >= 15 is 0 Å². The fourth-order valence-corrected chi connectivity index (χ4v) is 3.26. The number of benzene rings is 1. The molecular weight excluding hydrogens is 280 g/mol. The molecular formula is C16H24N4S. The fourth-order valence-electron chi connectivity index (χ4n) is 2.34. The summed E-state index contributed by atoms with van der Waals surface area (Å²) in [5, 5.41) is 4.30. The minimum absolute atomic E-state index is 0.0272. The fraction of sp³-hybridized carbons (Fsp3) is 0.500. The summed E-state index contributed by atoms with van der Waals surface area (Å²) >= 11 is 1.43. The van der Waals surface area contributed by atoms with Crippen LogP contribution in [0.2, 0.25) is 0 Å². The highest BCUT2D eigenvalue weighted by Crippen LogP contribution is 2.31. The SMILES string of the molecule is Cc1ccc(CC(NN)c2snnc2C(C)(C)C)cc1C. The van der Waals surface area contributed by atoms with Crippen molar-refractivity contribution in [3.63, 3.8) is 0 Å². The zero-order valence-corrected chi connectivity index (χ0v) is 14.2. The van der Waals surface area contributed by atoms with E-state index in [2.05, 4.69) is 67.8 Å². The summed E-state index contributed by atoms with van der Waals surface area (Å²) < 4.78 is 4.13. The van der Waals surface area contributed by atoms with Crippen LogP contribution >= 0.6 is 11.5 Å². The Balaban J connectivity index is 2.28. The Kier molecular flexibility index (Phi) is 4.76. The molecule has 0 aliphatic carbocycles. The summed E-state index contributed by atoms with van der Waals surface area (Å²) in [5.41, 5.74) is 7.82. The average Bonchev–Trinajstić information content (AvgIpc) is 2.89. The minimum atomic E-state index is -0.0272. The van der Waals surface area contributed by atoms with Crippen LogP contribution in [0.15, 0.2) is 18.2 Å². The van der Waals surface area contributed by atoms with Crippen molar-refractivity contribution < 1.29 is 0 Å². The molecule has 0 saturated heterocycles. The number of aryl methyl sites for hydroxylation is 2. The second-order valence-corrected chi connectivity index (χ2v) is 7.36. The van der Waals surface area contributed by atoms with Crippen LogP contribution in [0.4, 0.5) is 0 Å². The van der Waals surface area contributed by atoms with Gasteiger partial charge in [-0.1, -0.05) is 43.5 Å². The third-order valence-corrected chi connectivity index (χ3v) is 4.59. The van der Waals surface area contributed by atoms with Gasteiger partial charge in [-0.3, -0.25) is 11.3 Å². The lowest BCUT2D eigenvalue weighted by molar-refractivity contribution is 0.515. The number of aromatic nitrogens is 2. The maximum Gasteiger partial charge on any atom is 0.0857 e. The van der Waals surface area contributed by atoms with Crippen LogP contribution in [-0.4, -0.2) is 9.59 Å². The lowest BCUT2D eigenvalue weighted by Crippen LogP contribution is -2.31. The predicted molar refractivity (Wildman–Crippen MR) is 88.3 cm³/mol. The number of hydrazine groups is 1. The molecule has 2 aromatic rings. The molecule has 1 heterocycles. The van der Waals surface area contributed by atoms with E-state index in [0.29, 0.717) is 0 Å². The van der Waals surface area contributed by atoms with Crippen molar-refractivity contribution in [3.8, 4) is 0 Å². The molecule has 2 rings (SSSR count). The zero-order valence-electron chi connectivity index (χ0n) is 13.4.